The Morgan fingerprint density at radius 2 is 2.05 bits per heavy atom. The van der Waals surface area contributed by atoms with Gasteiger partial charge in [-0.1, -0.05) is 12.8 Å². The molecule has 0 amide bonds. The van der Waals surface area contributed by atoms with Crippen LogP contribution in [0.15, 0.2) is 18.2 Å². The molecule has 19 heavy (non-hydrogen) atoms. The van der Waals surface area contributed by atoms with E-state index in [0.717, 1.165) is 43.5 Å². The van der Waals surface area contributed by atoms with Gasteiger partial charge in [-0.2, -0.15) is 5.26 Å². The molecule has 0 aliphatic heterocycles. The highest BCUT2D eigenvalue weighted by Crippen LogP contribution is 2.16. The zero-order chi connectivity index (χ0) is 14.1. The standard InChI is InChI=1S/C15H20N2O2/c1-12-10-13(11-16)7-8-14(12)17-9-5-3-2-4-6-15(18)19/h7-8,10,17H,2-6,9H2,1H3,(H,18,19). The molecule has 0 radical (unpaired) electrons. The minimum atomic E-state index is -0.716. The molecular formula is C15H20N2O2. The van der Waals surface area contributed by atoms with Gasteiger partial charge in [-0.25, -0.2) is 0 Å². The Balaban J connectivity index is 2.19. The zero-order valence-corrected chi connectivity index (χ0v) is 11.3. The van der Waals surface area contributed by atoms with Crippen LogP contribution in [-0.2, 0) is 4.79 Å². The Labute approximate surface area is 114 Å². The molecule has 1 aromatic rings. The number of carbonyl (C=O) groups is 1. The second kappa shape index (κ2) is 8.15. The molecule has 2 N–H and O–H groups in total. The predicted molar refractivity (Wildman–Crippen MR) is 75.1 cm³/mol. The molecule has 0 aliphatic rings. The Kier molecular flexibility index (Phi) is 6.45. The number of rotatable bonds is 8. The first-order valence-corrected chi connectivity index (χ1v) is 6.60. The van der Waals surface area contributed by atoms with Crippen molar-refractivity contribution in [1.29, 1.82) is 5.26 Å². The van der Waals surface area contributed by atoms with E-state index in [1.807, 2.05) is 25.1 Å². The molecule has 0 saturated heterocycles. The molecule has 0 unspecified atom stereocenters. The monoisotopic (exact) mass is 260 g/mol. The van der Waals surface area contributed by atoms with Crippen LogP contribution in [0.2, 0.25) is 0 Å². The molecule has 1 rings (SSSR count). The molecule has 0 aromatic heterocycles. The molecule has 4 nitrogen and oxygen atoms in total. The van der Waals surface area contributed by atoms with Crippen LogP contribution in [0, 0.1) is 18.3 Å². The number of nitrogens with zero attached hydrogens (tertiary/aromatic N) is 1. The lowest BCUT2D eigenvalue weighted by Gasteiger charge is -2.09. The second-order valence-corrected chi connectivity index (χ2v) is 4.63. The average molecular weight is 260 g/mol. The normalized spacial score (nSPS) is 9.89. The summed E-state index contributed by atoms with van der Waals surface area (Å²) in [6.45, 7) is 2.86. The predicted octanol–water partition coefficient (Wildman–Crippen LogP) is 3.31. The van der Waals surface area contributed by atoms with E-state index < -0.39 is 5.97 Å². The highest BCUT2D eigenvalue weighted by Gasteiger charge is 2.00. The smallest absolute Gasteiger partial charge is 0.303 e. The van der Waals surface area contributed by atoms with E-state index in [-0.39, 0.29) is 6.42 Å². The molecule has 102 valence electrons. The Bertz CT molecular complexity index is 464. The third-order valence-corrected chi connectivity index (χ3v) is 2.99. The van der Waals surface area contributed by atoms with Gasteiger partial charge in [-0.15, -0.1) is 0 Å². The molecule has 0 atom stereocenters. The molecule has 0 fully saturated rings. The Morgan fingerprint density at radius 3 is 2.68 bits per heavy atom. The van der Waals surface area contributed by atoms with Crippen molar-refractivity contribution in [2.75, 3.05) is 11.9 Å². The van der Waals surface area contributed by atoms with E-state index >= 15 is 0 Å². The van der Waals surface area contributed by atoms with Gasteiger partial charge in [0.15, 0.2) is 0 Å². The van der Waals surface area contributed by atoms with Crippen LogP contribution in [0.3, 0.4) is 0 Å². The summed E-state index contributed by atoms with van der Waals surface area (Å²) in [6, 6.07) is 7.73. The van der Waals surface area contributed by atoms with Gasteiger partial charge in [-0.3, -0.25) is 4.79 Å². The zero-order valence-electron chi connectivity index (χ0n) is 11.3. The summed E-state index contributed by atoms with van der Waals surface area (Å²) < 4.78 is 0. The number of nitriles is 1. The van der Waals surface area contributed by atoms with Crippen molar-refractivity contribution in [3.63, 3.8) is 0 Å². The van der Waals surface area contributed by atoms with Crippen LogP contribution in [0.5, 0.6) is 0 Å². The van der Waals surface area contributed by atoms with Gasteiger partial charge in [0.05, 0.1) is 11.6 Å². The van der Waals surface area contributed by atoms with Crippen molar-refractivity contribution < 1.29 is 9.90 Å². The molecule has 1 aromatic carbocycles. The fraction of sp³-hybridized carbons (Fsp3) is 0.467. The first kappa shape index (κ1) is 15.0. The van der Waals surface area contributed by atoms with Crippen molar-refractivity contribution in [2.24, 2.45) is 0 Å². The molecule has 0 heterocycles. The number of aryl methyl sites for hydroxylation is 1. The van der Waals surface area contributed by atoms with Gasteiger partial charge in [0, 0.05) is 18.7 Å². The summed E-state index contributed by atoms with van der Waals surface area (Å²) in [5.74, 6) is -0.716. The maximum atomic E-state index is 10.3. The van der Waals surface area contributed by atoms with E-state index in [9.17, 15) is 4.79 Å². The molecule has 0 saturated carbocycles. The van der Waals surface area contributed by atoms with Crippen LogP contribution in [0.25, 0.3) is 0 Å². The van der Waals surface area contributed by atoms with Crippen LogP contribution < -0.4 is 5.32 Å². The Hall–Kier alpha value is -2.02. The lowest BCUT2D eigenvalue weighted by molar-refractivity contribution is -0.137. The van der Waals surface area contributed by atoms with Gasteiger partial charge in [0.25, 0.3) is 0 Å². The fourth-order valence-corrected chi connectivity index (χ4v) is 1.91. The number of hydrogen-bond donors (Lipinski definition) is 2. The van der Waals surface area contributed by atoms with Crippen LogP contribution in [-0.4, -0.2) is 17.6 Å². The van der Waals surface area contributed by atoms with Crippen molar-refractivity contribution >= 4 is 11.7 Å². The lowest BCUT2D eigenvalue weighted by Crippen LogP contribution is -2.03. The molecular weight excluding hydrogens is 240 g/mol. The maximum absolute atomic E-state index is 10.3. The minimum absolute atomic E-state index is 0.266. The van der Waals surface area contributed by atoms with E-state index in [1.165, 1.54) is 0 Å². The number of carboxylic acids is 1. The molecule has 0 aliphatic carbocycles. The van der Waals surface area contributed by atoms with Crippen LogP contribution in [0.1, 0.15) is 43.2 Å². The highest BCUT2D eigenvalue weighted by atomic mass is 16.4. The van der Waals surface area contributed by atoms with Crippen molar-refractivity contribution in [3.05, 3.63) is 29.3 Å². The number of benzene rings is 1. The number of nitrogens with one attached hydrogen (secondary N) is 1. The minimum Gasteiger partial charge on any atom is -0.481 e. The van der Waals surface area contributed by atoms with Gasteiger partial charge in [0.1, 0.15) is 0 Å². The number of anilines is 1. The lowest BCUT2D eigenvalue weighted by atomic mass is 10.1. The molecule has 4 heteroatoms. The first-order chi connectivity index (χ1) is 9.13. The Morgan fingerprint density at radius 1 is 1.32 bits per heavy atom. The second-order valence-electron chi connectivity index (χ2n) is 4.63. The third-order valence-electron chi connectivity index (χ3n) is 2.99. The number of hydrogen-bond acceptors (Lipinski definition) is 3. The van der Waals surface area contributed by atoms with Crippen molar-refractivity contribution in [2.45, 2.75) is 39.0 Å². The maximum Gasteiger partial charge on any atom is 0.303 e. The first-order valence-electron chi connectivity index (χ1n) is 6.60. The summed E-state index contributed by atoms with van der Waals surface area (Å²) in [4.78, 5) is 10.3. The van der Waals surface area contributed by atoms with Gasteiger partial charge in [-0.05, 0) is 43.5 Å². The summed E-state index contributed by atoms with van der Waals surface area (Å²) >= 11 is 0. The third kappa shape index (κ3) is 5.91. The van der Waals surface area contributed by atoms with Gasteiger partial charge < -0.3 is 10.4 Å². The number of carboxylic acid groups (broad SMARTS) is 1. The summed E-state index contributed by atoms with van der Waals surface area (Å²) in [5, 5.41) is 20.6. The van der Waals surface area contributed by atoms with Gasteiger partial charge >= 0.3 is 5.97 Å². The quantitative estimate of drug-likeness (QED) is 0.703. The largest absolute Gasteiger partial charge is 0.481 e. The number of unbranched alkanes of at least 4 members (excludes halogenated alkanes) is 3. The van der Waals surface area contributed by atoms with Gasteiger partial charge in [0.2, 0.25) is 0 Å². The summed E-state index contributed by atoms with van der Waals surface area (Å²) in [7, 11) is 0. The average Bonchev–Trinajstić information content (AvgIpc) is 2.38. The summed E-state index contributed by atoms with van der Waals surface area (Å²) in [6.07, 6.45) is 4.04. The van der Waals surface area contributed by atoms with E-state index in [1.54, 1.807) is 0 Å². The SMILES string of the molecule is Cc1cc(C#N)ccc1NCCCCCCC(=O)O. The van der Waals surface area contributed by atoms with Crippen LogP contribution in [0.4, 0.5) is 5.69 Å². The topological polar surface area (TPSA) is 73.1 Å². The van der Waals surface area contributed by atoms with Crippen molar-refractivity contribution in [3.8, 4) is 6.07 Å². The van der Waals surface area contributed by atoms with E-state index in [2.05, 4.69) is 11.4 Å². The number of aliphatic carboxylic acids is 1. The van der Waals surface area contributed by atoms with Crippen molar-refractivity contribution in [1.82, 2.24) is 0 Å². The molecule has 0 spiro atoms. The molecule has 0 bridgehead atoms. The van der Waals surface area contributed by atoms with Crippen LogP contribution >= 0.6 is 0 Å². The van der Waals surface area contributed by atoms with E-state index in [4.69, 9.17) is 10.4 Å². The summed E-state index contributed by atoms with van der Waals surface area (Å²) in [5.41, 5.74) is 2.81. The fourth-order valence-electron chi connectivity index (χ4n) is 1.91. The van der Waals surface area contributed by atoms with E-state index in [0.29, 0.717) is 5.56 Å². The highest BCUT2D eigenvalue weighted by molar-refractivity contribution is 5.66.